The number of aliphatic hydroxyl groups excluding tert-OH is 1. The van der Waals surface area contributed by atoms with Crippen molar-refractivity contribution >= 4 is 23.5 Å². The molecule has 0 aromatic carbocycles. The summed E-state index contributed by atoms with van der Waals surface area (Å²) in [7, 11) is 0. The van der Waals surface area contributed by atoms with Crippen LogP contribution >= 0.6 is 12.6 Å². The number of fused-ring (bicyclic) bond motifs is 5. The number of thiol groups is 1. The number of aliphatic hydroxyl groups is 1. The Kier molecular flexibility index (Phi) is 3.90. The lowest BCUT2D eigenvalue weighted by Gasteiger charge is -2.58. The fourth-order valence-corrected chi connectivity index (χ4v) is 7.77. The number of hydrogen-bond acceptors (Lipinski definition) is 3. The van der Waals surface area contributed by atoms with Crippen molar-refractivity contribution in [1.82, 2.24) is 0 Å². The molecule has 0 bridgehead atoms. The first kappa shape index (κ1) is 17.5. The number of carbonyl (C=O) groups is 2. The lowest BCUT2D eigenvalue weighted by atomic mass is 9.47. The first-order valence-corrected chi connectivity index (χ1v) is 9.98. The summed E-state index contributed by atoms with van der Waals surface area (Å²) in [5.74, 6) is 1.30. The van der Waals surface area contributed by atoms with Gasteiger partial charge in [-0.05, 0) is 61.0 Å². The van der Waals surface area contributed by atoms with Crippen molar-refractivity contribution in [3.8, 4) is 0 Å². The molecule has 8 atom stereocenters. The molecule has 3 fully saturated rings. The van der Waals surface area contributed by atoms with Crippen LogP contribution < -0.4 is 0 Å². The third-order valence-electron chi connectivity index (χ3n) is 8.10. The van der Waals surface area contributed by atoms with Crippen LogP contribution in [0.15, 0.2) is 23.8 Å². The van der Waals surface area contributed by atoms with E-state index in [1.807, 2.05) is 6.08 Å². The van der Waals surface area contributed by atoms with E-state index in [1.165, 1.54) is 5.57 Å². The van der Waals surface area contributed by atoms with Gasteiger partial charge in [0.1, 0.15) is 0 Å². The second-order valence-electron chi connectivity index (χ2n) is 9.33. The zero-order valence-corrected chi connectivity index (χ0v) is 16.1. The molecule has 0 saturated heterocycles. The lowest BCUT2D eigenvalue weighted by molar-refractivity contribution is -0.133. The van der Waals surface area contributed by atoms with Crippen molar-refractivity contribution in [2.24, 2.45) is 40.4 Å². The van der Waals surface area contributed by atoms with Gasteiger partial charge in [0.25, 0.3) is 0 Å². The Morgan fingerprint density at radius 3 is 2.76 bits per heavy atom. The monoisotopic (exact) mass is 360 g/mol. The smallest absolute Gasteiger partial charge is 0.189 e. The Morgan fingerprint density at radius 2 is 2.08 bits per heavy atom. The molecule has 136 valence electrons. The maximum absolute atomic E-state index is 12.2. The molecule has 4 aliphatic rings. The molecule has 4 heteroatoms. The molecule has 0 spiro atoms. The van der Waals surface area contributed by atoms with Crippen molar-refractivity contribution in [2.75, 3.05) is 0 Å². The molecule has 0 unspecified atom stereocenters. The van der Waals surface area contributed by atoms with Crippen LogP contribution in [-0.2, 0) is 9.59 Å². The van der Waals surface area contributed by atoms with Crippen LogP contribution in [0, 0.1) is 40.4 Å². The standard InChI is InChI=1S/C21H28O3S/c1-11-8-15-14-5-4-12-9-13(22)6-7-20(12,2)18(14)16(23)10-21(15,3)17(11)19(24)25/h6-7,9,11,14-18,23H,4-5,8,10H2,1-3H3,(H,24,25)/t11-,14+,15+,16+,17-,18-,20+,21+/m1/s1. The zero-order chi connectivity index (χ0) is 18.1. The van der Waals surface area contributed by atoms with Crippen LogP contribution in [0.4, 0.5) is 0 Å². The first-order valence-electron chi connectivity index (χ1n) is 9.53. The topological polar surface area (TPSA) is 54.4 Å². The molecule has 3 saturated carbocycles. The first-order chi connectivity index (χ1) is 11.7. The molecular formula is C21H28O3S. The number of hydrogen-bond donors (Lipinski definition) is 2. The Morgan fingerprint density at radius 1 is 1.36 bits per heavy atom. The largest absolute Gasteiger partial charge is 0.393 e. The summed E-state index contributed by atoms with van der Waals surface area (Å²) in [5.41, 5.74) is 0.783. The predicted octanol–water partition coefficient (Wildman–Crippen LogP) is 3.58. The van der Waals surface area contributed by atoms with Crippen molar-refractivity contribution in [2.45, 2.75) is 52.6 Å². The van der Waals surface area contributed by atoms with E-state index in [9.17, 15) is 14.7 Å². The van der Waals surface area contributed by atoms with E-state index in [2.05, 4.69) is 33.4 Å². The van der Waals surface area contributed by atoms with Gasteiger partial charge in [-0.2, -0.15) is 0 Å². The highest BCUT2D eigenvalue weighted by atomic mass is 32.1. The third-order valence-corrected chi connectivity index (χ3v) is 8.38. The van der Waals surface area contributed by atoms with Gasteiger partial charge < -0.3 is 5.11 Å². The molecule has 4 rings (SSSR count). The second kappa shape index (κ2) is 5.56. The van der Waals surface area contributed by atoms with Crippen molar-refractivity contribution in [1.29, 1.82) is 0 Å². The van der Waals surface area contributed by atoms with E-state index >= 15 is 0 Å². The lowest BCUT2D eigenvalue weighted by Crippen LogP contribution is -2.56. The molecule has 0 aliphatic heterocycles. The average molecular weight is 361 g/mol. The van der Waals surface area contributed by atoms with Gasteiger partial charge in [-0.3, -0.25) is 9.59 Å². The predicted molar refractivity (Wildman–Crippen MR) is 100 cm³/mol. The summed E-state index contributed by atoms with van der Waals surface area (Å²) in [5, 5.41) is 11.2. The molecule has 25 heavy (non-hydrogen) atoms. The van der Waals surface area contributed by atoms with Gasteiger partial charge in [-0.25, -0.2) is 0 Å². The highest BCUT2D eigenvalue weighted by molar-refractivity contribution is 7.96. The van der Waals surface area contributed by atoms with Crippen LogP contribution in [0.1, 0.15) is 46.5 Å². The minimum atomic E-state index is -0.446. The molecule has 3 nitrogen and oxygen atoms in total. The van der Waals surface area contributed by atoms with Crippen LogP contribution in [0.5, 0.6) is 0 Å². The summed E-state index contributed by atoms with van der Waals surface area (Å²) >= 11 is 4.19. The van der Waals surface area contributed by atoms with Gasteiger partial charge in [-0.15, -0.1) is 12.6 Å². The fourth-order valence-electron chi connectivity index (χ4n) is 7.22. The maximum atomic E-state index is 12.2. The normalized spacial score (nSPS) is 51.4. The SMILES string of the molecule is C[C@@H]1C[C@H]2[C@@H]3CCC4=CC(=O)C=C[C@]4(C)[C@H]3[C@@H](O)C[C@]2(C)[C@H]1C(=O)S. The Labute approximate surface area is 155 Å². The summed E-state index contributed by atoms with van der Waals surface area (Å²) in [4.78, 5) is 24.1. The van der Waals surface area contributed by atoms with Crippen LogP contribution in [0.3, 0.4) is 0 Å². The van der Waals surface area contributed by atoms with Crippen molar-refractivity contribution in [3.63, 3.8) is 0 Å². The van der Waals surface area contributed by atoms with E-state index in [0.717, 1.165) is 19.3 Å². The average Bonchev–Trinajstić information content (AvgIpc) is 2.77. The van der Waals surface area contributed by atoms with Gasteiger partial charge in [0.05, 0.1) is 6.10 Å². The van der Waals surface area contributed by atoms with E-state index < -0.39 is 6.10 Å². The Hall–Kier alpha value is -0.870. The highest BCUT2D eigenvalue weighted by Gasteiger charge is 2.63. The van der Waals surface area contributed by atoms with E-state index in [-0.39, 0.29) is 33.6 Å². The maximum Gasteiger partial charge on any atom is 0.189 e. The summed E-state index contributed by atoms with van der Waals surface area (Å²) in [6.45, 7) is 6.55. The fraction of sp³-hybridized carbons (Fsp3) is 0.714. The van der Waals surface area contributed by atoms with Crippen LogP contribution in [0.25, 0.3) is 0 Å². The zero-order valence-electron chi connectivity index (χ0n) is 15.2. The molecule has 0 aromatic rings. The number of carbonyl (C=O) groups excluding carboxylic acids is 2. The molecule has 0 amide bonds. The summed E-state index contributed by atoms with van der Waals surface area (Å²) < 4.78 is 0. The quantitative estimate of drug-likeness (QED) is 0.703. The van der Waals surface area contributed by atoms with E-state index in [1.54, 1.807) is 12.2 Å². The highest BCUT2D eigenvalue weighted by Crippen LogP contribution is 2.67. The summed E-state index contributed by atoms with van der Waals surface area (Å²) in [6.07, 6.45) is 8.67. The van der Waals surface area contributed by atoms with Crippen molar-refractivity contribution in [3.05, 3.63) is 23.8 Å². The minimum absolute atomic E-state index is 0.0195. The van der Waals surface area contributed by atoms with Gasteiger partial charge in [0, 0.05) is 17.3 Å². The minimum Gasteiger partial charge on any atom is -0.393 e. The summed E-state index contributed by atoms with van der Waals surface area (Å²) in [6, 6.07) is 0. The van der Waals surface area contributed by atoms with Gasteiger partial charge in [0.2, 0.25) is 0 Å². The molecule has 1 N–H and O–H groups in total. The number of ketones is 1. The molecule has 4 aliphatic carbocycles. The number of allylic oxidation sites excluding steroid dienone is 4. The van der Waals surface area contributed by atoms with Gasteiger partial charge >= 0.3 is 0 Å². The van der Waals surface area contributed by atoms with Gasteiger partial charge in [-0.1, -0.05) is 32.4 Å². The van der Waals surface area contributed by atoms with Crippen molar-refractivity contribution < 1.29 is 14.7 Å². The number of rotatable bonds is 1. The van der Waals surface area contributed by atoms with E-state index in [0.29, 0.717) is 24.2 Å². The van der Waals surface area contributed by atoms with Crippen LogP contribution in [0.2, 0.25) is 0 Å². The second-order valence-corrected chi connectivity index (χ2v) is 9.77. The molecular weight excluding hydrogens is 332 g/mol. The third kappa shape index (κ3) is 2.29. The van der Waals surface area contributed by atoms with E-state index in [4.69, 9.17) is 0 Å². The molecule has 0 aromatic heterocycles. The Balaban J connectivity index is 1.76. The molecule has 0 heterocycles. The van der Waals surface area contributed by atoms with Gasteiger partial charge in [0.15, 0.2) is 10.9 Å². The molecule has 0 radical (unpaired) electrons. The Bertz CT molecular complexity index is 695. The van der Waals surface area contributed by atoms with Crippen LogP contribution in [-0.4, -0.2) is 22.1 Å².